The number of halogens is 3. The predicted octanol–water partition coefficient (Wildman–Crippen LogP) is 1.67. The highest BCUT2D eigenvalue weighted by molar-refractivity contribution is 6.76. The molecule has 0 amide bonds. The van der Waals surface area contributed by atoms with E-state index < -0.39 is 27.9 Å². The molecule has 1 unspecified atom stereocenters. The lowest BCUT2D eigenvalue weighted by Crippen LogP contribution is -2.33. The van der Waals surface area contributed by atoms with Gasteiger partial charge in [-0.05, 0) is 12.5 Å². The molecule has 120 valence electrons. The summed E-state index contributed by atoms with van der Waals surface area (Å²) in [6, 6.07) is 1.02. The smallest absolute Gasteiger partial charge is 0.351 e. The number of fused-ring (bicyclic) bond motifs is 1. The minimum absolute atomic E-state index is 0.00991. The second kappa shape index (κ2) is 5.56. The Morgan fingerprint density at radius 2 is 2.18 bits per heavy atom. The van der Waals surface area contributed by atoms with Crippen LogP contribution in [0.3, 0.4) is 0 Å². The van der Waals surface area contributed by atoms with E-state index in [9.17, 15) is 4.79 Å². The monoisotopic (exact) mass is 366 g/mol. The van der Waals surface area contributed by atoms with Crippen molar-refractivity contribution in [1.82, 2.24) is 9.55 Å². The summed E-state index contributed by atoms with van der Waals surface area (Å²) in [5, 5.41) is 0. The van der Waals surface area contributed by atoms with Crippen molar-refractivity contribution in [2.45, 2.75) is 41.6 Å². The molecule has 0 aliphatic carbocycles. The first-order valence-corrected chi connectivity index (χ1v) is 7.76. The van der Waals surface area contributed by atoms with E-state index in [2.05, 4.69) is 9.98 Å². The molecule has 2 N–H and O–H groups in total. The van der Waals surface area contributed by atoms with Gasteiger partial charge in [0.25, 0.3) is 3.79 Å². The number of anilines is 1. The van der Waals surface area contributed by atoms with Crippen molar-refractivity contribution in [2.24, 2.45) is 4.99 Å². The van der Waals surface area contributed by atoms with Crippen molar-refractivity contribution in [3.05, 3.63) is 22.7 Å². The van der Waals surface area contributed by atoms with E-state index in [1.54, 1.807) is 0 Å². The number of nitrogen functional groups attached to an aromatic ring is 1. The van der Waals surface area contributed by atoms with Gasteiger partial charge >= 0.3 is 5.69 Å². The molecule has 3 heterocycles. The molecule has 3 rings (SSSR count). The zero-order valence-corrected chi connectivity index (χ0v) is 13.7. The number of nitrogens with zero attached hydrogens (tertiary/aromatic N) is 3. The van der Waals surface area contributed by atoms with Gasteiger partial charge in [0.1, 0.15) is 11.9 Å². The first kappa shape index (κ1) is 15.9. The summed E-state index contributed by atoms with van der Waals surface area (Å²) in [5.41, 5.74) is 4.97. The third-order valence-electron chi connectivity index (χ3n) is 3.59. The van der Waals surface area contributed by atoms with Crippen molar-refractivity contribution < 1.29 is 9.47 Å². The molecule has 0 saturated carbocycles. The molecule has 0 aromatic carbocycles. The number of hydrogen-bond acceptors (Lipinski definition) is 6. The Bertz CT molecular complexity index is 672. The second-order valence-corrected chi connectivity index (χ2v) is 7.30. The first-order chi connectivity index (χ1) is 10.3. The van der Waals surface area contributed by atoms with Crippen molar-refractivity contribution in [1.29, 1.82) is 0 Å². The van der Waals surface area contributed by atoms with Crippen LogP contribution in [0.25, 0.3) is 0 Å². The Morgan fingerprint density at radius 1 is 1.45 bits per heavy atom. The number of alkyl halides is 3. The van der Waals surface area contributed by atoms with Gasteiger partial charge < -0.3 is 15.2 Å². The Balaban J connectivity index is 1.98. The number of ether oxygens (including phenoxy) is 2. The van der Waals surface area contributed by atoms with E-state index in [0.717, 1.165) is 0 Å². The summed E-state index contributed by atoms with van der Waals surface area (Å²) in [4.78, 5) is 20.0. The van der Waals surface area contributed by atoms with E-state index >= 15 is 0 Å². The lowest BCUT2D eigenvalue weighted by atomic mass is 10.1. The van der Waals surface area contributed by atoms with Crippen LogP contribution in [0.2, 0.25) is 0 Å². The number of aromatic nitrogens is 2. The summed E-state index contributed by atoms with van der Waals surface area (Å²) >= 11 is 17.5. The third-order valence-corrected chi connectivity index (χ3v) is 4.08. The van der Waals surface area contributed by atoms with Gasteiger partial charge in [0, 0.05) is 6.20 Å². The standard InChI is InChI=1S/C12H13Cl3N4O3/c1-2-5-8-7(18-10(22-8)12(13,14)15)9(21-5)19-4-3-6(16)17-11(19)20/h3-5,7-9H,2H2,1H3,(H2,16,17,20)/t5-,7?,8+,9-/m1/s1. The van der Waals surface area contributed by atoms with Gasteiger partial charge in [-0.2, -0.15) is 4.98 Å². The Labute approximate surface area is 141 Å². The van der Waals surface area contributed by atoms with Crippen LogP contribution in [-0.4, -0.2) is 37.5 Å². The third kappa shape index (κ3) is 2.67. The maximum atomic E-state index is 12.0. The highest BCUT2D eigenvalue weighted by Gasteiger charge is 2.53. The normalized spacial score (nSPS) is 30.8. The van der Waals surface area contributed by atoms with Crippen molar-refractivity contribution in [3.63, 3.8) is 0 Å². The van der Waals surface area contributed by atoms with Gasteiger partial charge in [0.15, 0.2) is 12.3 Å². The van der Waals surface area contributed by atoms with Crippen LogP contribution in [0.5, 0.6) is 0 Å². The average molecular weight is 368 g/mol. The highest BCUT2D eigenvalue weighted by Crippen LogP contribution is 2.42. The summed E-state index contributed by atoms with van der Waals surface area (Å²) in [7, 11) is 0. The SMILES string of the molecule is CC[C@H]1O[C@@H](n2ccc(N)nc2=O)C2N=C(C(Cl)(Cl)Cl)O[C@H]21. The molecule has 0 bridgehead atoms. The van der Waals surface area contributed by atoms with Crippen molar-refractivity contribution >= 4 is 46.5 Å². The molecular weight excluding hydrogens is 355 g/mol. The number of hydrogen-bond donors (Lipinski definition) is 1. The fourth-order valence-corrected chi connectivity index (χ4v) is 2.89. The van der Waals surface area contributed by atoms with Gasteiger partial charge in [-0.15, -0.1) is 0 Å². The molecular formula is C12H13Cl3N4O3. The molecule has 4 atom stereocenters. The molecule has 1 saturated heterocycles. The maximum absolute atomic E-state index is 12.0. The van der Waals surface area contributed by atoms with Gasteiger partial charge in [-0.1, -0.05) is 41.7 Å². The van der Waals surface area contributed by atoms with Crippen molar-refractivity contribution in [3.8, 4) is 0 Å². The zero-order chi connectivity index (χ0) is 16.1. The highest BCUT2D eigenvalue weighted by atomic mass is 35.6. The Hall–Kier alpha value is -1.02. The zero-order valence-electron chi connectivity index (χ0n) is 11.4. The summed E-state index contributed by atoms with van der Waals surface area (Å²) < 4.78 is 11.1. The second-order valence-electron chi connectivity index (χ2n) is 5.02. The molecule has 22 heavy (non-hydrogen) atoms. The number of rotatable bonds is 2. The molecule has 1 aromatic rings. The predicted molar refractivity (Wildman–Crippen MR) is 83.5 cm³/mol. The van der Waals surface area contributed by atoms with Crippen LogP contribution in [0.15, 0.2) is 22.1 Å². The average Bonchev–Trinajstić information content (AvgIpc) is 2.97. The van der Waals surface area contributed by atoms with E-state index in [-0.39, 0.29) is 17.8 Å². The van der Waals surface area contributed by atoms with E-state index in [1.165, 1.54) is 16.8 Å². The molecule has 2 aliphatic rings. The van der Waals surface area contributed by atoms with Crippen LogP contribution in [0.1, 0.15) is 19.6 Å². The lowest BCUT2D eigenvalue weighted by molar-refractivity contribution is -0.0234. The molecule has 0 spiro atoms. The largest absolute Gasteiger partial charge is 0.469 e. The molecule has 0 radical (unpaired) electrons. The lowest BCUT2D eigenvalue weighted by Gasteiger charge is -2.19. The molecule has 1 fully saturated rings. The van der Waals surface area contributed by atoms with Crippen LogP contribution in [0, 0.1) is 0 Å². The molecule has 7 nitrogen and oxygen atoms in total. The van der Waals surface area contributed by atoms with Gasteiger partial charge in [0.2, 0.25) is 5.90 Å². The topological polar surface area (TPSA) is 91.7 Å². The molecule has 10 heteroatoms. The van der Waals surface area contributed by atoms with Crippen LogP contribution in [-0.2, 0) is 9.47 Å². The fourth-order valence-electron chi connectivity index (χ4n) is 2.61. The maximum Gasteiger partial charge on any atom is 0.351 e. The molecule has 2 aliphatic heterocycles. The Morgan fingerprint density at radius 3 is 2.77 bits per heavy atom. The minimum atomic E-state index is -1.75. The van der Waals surface area contributed by atoms with Crippen LogP contribution in [0.4, 0.5) is 5.82 Å². The van der Waals surface area contributed by atoms with Gasteiger partial charge in [-0.25, -0.2) is 9.79 Å². The van der Waals surface area contributed by atoms with Crippen LogP contribution >= 0.6 is 34.8 Å². The molecule has 1 aromatic heterocycles. The fraction of sp³-hybridized carbons (Fsp3) is 0.583. The van der Waals surface area contributed by atoms with Crippen LogP contribution < -0.4 is 11.4 Å². The van der Waals surface area contributed by atoms with E-state index in [4.69, 9.17) is 50.0 Å². The van der Waals surface area contributed by atoms with Crippen molar-refractivity contribution in [2.75, 3.05) is 5.73 Å². The number of aliphatic imine (C=N–C) groups is 1. The van der Waals surface area contributed by atoms with Gasteiger partial charge in [-0.3, -0.25) is 4.57 Å². The Kier molecular flexibility index (Phi) is 4.01. The number of nitrogens with two attached hydrogens (primary N) is 1. The quantitative estimate of drug-likeness (QED) is 0.803. The van der Waals surface area contributed by atoms with Gasteiger partial charge in [0.05, 0.1) is 6.10 Å². The first-order valence-electron chi connectivity index (χ1n) is 6.63. The summed E-state index contributed by atoms with van der Waals surface area (Å²) in [6.45, 7) is 1.94. The van der Waals surface area contributed by atoms with E-state index in [1.807, 2.05) is 6.92 Å². The minimum Gasteiger partial charge on any atom is -0.469 e. The summed E-state index contributed by atoms with van der Waals surface area (Å²) in [6.07, 6.45) is 0.809. The van der Waals surface area contributed by atoms with E-state index in [0.29, 0.717) is 6.42 Å². The summed E-state index contributed by atoms with van der Waals surface area (Å²) in [5.74, 6) is 0.145.